The molecule has 0 radical (unpaired) electrons. The molecule has 0 aromatic carbocycles. The SMILES string of the molecule is C=CC(=N)c1cc(C(=N)/C(=N\NC)OCC(C)NC)cnc1NPI. The molecule has 1 heterocycles. The minimum atomic E-state index is 0.0896. The molecule has 0 fully saturated rings. The van der Waals surface area contributed by atoms with Gasteiger partial charge in [-0.2, -0.15) is 0 Å². The zero-order valence-corrected chi connectivity index (χ0v) is 17.6. The Morgan fingerprint density at radius 1 is 1.52 bits per heavy atom. The van der Waals surface area contributed by atoms with E-state index >= 15 is 0 Å². The van der Waals surface area contributed by atoms with E-state index in [2.05, 4.69) is 54.5 Å². The highest BCUT2D eigenvalue weighted by molar-refractivity contribution is 14.2. The van der Waals surface area contributed by atoms with Gasteiger partial charge in [-0.1, -0.05) is 6.58 Å². The van der Waals surface area contributed by atoms with Crippen LogP contribution in [0.1, 0.15) is 18.1 Å². The van der Waals surface area contributed by atoms with Crippen molar-refractivity contribution in [3.05, 3.63) is 36.0 Å². The Morgan fingerprint density at radius 3 is 2.80 bits per heavy atom. The van der Waals surface area contributed by atoms with E-state index in [0.717, 1.165) is 0 Å². The molecule has 1 aromatic rings. The fourth-order valence-corrected chi connectivity index (χ4v) is 2.79. The number of halogens is 1. The maximum absolute atomic E-state index is 8.39. The number of hydrogen-bond donors (Lipinski definition) is 5. The van der Waals surface area contributed by atoms with Crippen molar-refractivity contribution < 1.29 is 4.74 Å². The second-order valence-corrected chi connectivity index (χ2v) is 7.03. The second-order valence-electron chi connectivity index (χ2n) is 4.97. The van der Waals surface area contributed by atoms with Crippen LogP contribution in [0.4, 0.5) is 5.82 Å². The van der Waals surface area contributed by atoms with E-state index in [9.17, 15) is 0 Å². The summed E-state index contributed by atoms with van der Waals surface area (Å²) in [5.74, 6) is 0.755. The third-order valence-corrected chi connectivity index (χ3v) is 4.37. The average Bonchev–Trinajstić information content (AvgIpc) is 2.64. The summed E-state index contributed by atoms with van der Waals surface area (Å²) in [6.07, 6.45) is 3.43. The summed E-state index contributed by atoms with van der Waals surface area (Å²) in [5.41, 5.74) is 4.06. The van der Waals surface area contributed by atoms with E-state index < -0.39 is 0 Å². The van der Waals surface area contributed by atoms with Gasteiger partial charge in [-0.25, -0.2) is 4.98 Å². The molecule has 25 heavy (non-hydrogen) atoms. The second kappa shape index (κ2) is 11.1. The molecule has 1 aromatic heterocycles. The Bertz CT molecular complexity index is 665. The molecule has 8 nitrogen and oxygen atoms in total. The maximum atomic E-state index is 8.39. The smallest absolute Gasteiger partial charge is 0.256 e. The Labute approximate surface area is 162 Å². The van der Waals surface area contributed by atoms with Crippen LogP contribution in [-0.2, 0) is 4.74 Å². The van der Waals surface area contributed by atoms with Crippen molar-refractivity contribution >= 4 is 51.6 Å². The molecular formula is C15H23IN7OP. The minimum absolute atomic E-state index is 0.0896. The molecule has 5 N–H and O–H groups in total. The van der Waals surface area contributed by atoms with Gasteiger partial charge >= 0.3 is 0 Å². The lowest BCUT2D eigenvalue weighted by Crippen LogP contribution is -2.31. The van der Waals surface area contributed by atoms with Crippen LogP contribution in [0.15, 0.2) is 30.0 Å². The molecule has 2 atom stereocenters. The number of rotatable bonds is 10. The number of aromatic nitrogens is 1. The zero-order chi connectivity index (χ0) is 18.8. The lowest BCUT2D eigenvalue weighted by atomic mass is 10.1. The third kappa shape index (κ3) is 6.33. The van der Waals surface area contributed by atoms with E-state index in [4.69, 9.17) is 15.6 Å². The summed E-state index contributed by atoms with van der Waals surface area (Å²) < 4.78 is 5.64. The summed E-state index contributed by atoms with van der Waals surface area (Å²) in [6, 6.07) is 1.84. The van der Waals surface area contributed by atoms with Gasteiger partial charge in [-0.15, -0.1) is 5.10 Å². The van der Waals surface area contributed by atoms with Crippen LogP contribution in [-0.4, -0.2) is 49.0 Å². The maximum Gasteiger partial charge on any atom is 0.256 e. The zero-order valence-electron chi connectivity index (χ0n) is 14.4. The lowest BCUT2D eigenvalue weighted by Gasteiger charge is -2.15. The number of likely N-dealkylation sites (N-methyl/N-ethyl adjacent to an activating group) is 1. The van der Waals surface area contributed by atoms with Gasteiger partial charge in [0.25, 0.3) is 5.90 Å². The predicted molar refractivity (Wildman–Crippen MR) is 115 cm³/mol. The molecule has 1 rings (SSSR count). The molecule has 0 amide bonds. The fraction of sp³-hybridized carbons (Fsp3) is 0.333. The number of nitrogens with zero attached hydrogens (tertiary/aromatic N) is 2. The molecular weight excluding hydrogens is 452 g/mol. The van der Waals surface area contributed by atoms with Crippen LogP contribution in [0.3, 0.4) is 0 Å². The van der Waals surface area contributed by atoms with Crippen LogP contribution in [0.2, 0.25) is 0 Å². The van der Waals surface area contributed by atoms with Crippen molar-refractivity contribution in [1.29, 1.82) is 10.8 Å². The van der Waals surface area contributed by atoms with Crippen molar-refractivity contribution in [3.8, 4) is 0 Å². The lowest BCUT2D eigenvalue weighted by molar-refractivity contribution is 0.270. The summed E-state index contributed by atoms with van der Waals surface area (Å²) in [5, 5.41) is 26.6. The van der Waals surface area contributed by atoms with Gasteiger partial charge in [0, 0.05) is 36.8 Å². The van der Waals surface area contributed by atoms with Crippen molar-refractivity contribution in [3.63, 3.8) is 0 Å². The number of hydrazone groups is 1. The minimum Gasteiger partial charge on any atom is -0.474 e. The number of anilines is 1. The number of allylic oxidation sites excluding steroid dienone is 1. The summed E-state index contributed by atoms with van der Waals surface area (Å²) in [4.78, 5) is 4.33. The van der Waals surface area contributed by atoms with Gasteiger partial charge in [0.2, 0.25) is 0 Å². The molecule has 0 aliphatic carbocycles. The first-order chi connectivity index (χ1) is 12.0. The van der Waals surface area contributed by atoms with E-state index in [-0.39, 0.29) is 23.4 Å². The highest BCUT2D eigenvalue weighted by atomic mass is 127. The summed E-state index contributed by atoms with van der Waals surface area (Å²) in [6.45, 7) is 5.98. The van der Waals surface area contributed by atoms with E-state index in [1.54, 1.807) is 19.3 Å². The number of pyridine rings is 1. The summed E-state index contributed by atoms with van der Waals surface area (Å²) in [7, 11) is 3.48. The Morgan fingerprint density at radius 2 is 2.24 bits per heavy atom. The van der Waals surface area contributed by atoms with Crippen LogP contribution in [0, 0.1) is 10.8 Å². The highest BCUT2D eigenvalue weighted by Gasteiger charge is 2.17. The Balaban J connectivity index is 3.14. The summed E-state index contributed by atoms with van der Waals surface area (Å²) >= 11 is 2.19. The third-order valence-electron chi connectivity index (χ3n) is 3.23. The molecule has 0 saturated heterocycles. The quantitative estimate of drug-likeness (QED) is 0.117. The fourth-order valence-electron chi connectivity index (χ4n) is 1.73. The number of nitrogens with one attached hydrogen (secondary N) is 5. The van der Waals surface area contributed by atoms with Gasteiger partial charge in [0.05, 0.1) is 5.71 Å². The van der Waals surface area contributed by atoms with Crippen LogP contribution >= 0.6 is 28.4 Å². The van der Waals surface area contributed by atoms with E-state index in [1.807, 2.05) is 14.0 Å². The molecule has 0 spiro atoms. The topological polar surface area (TPSA) is 118 Å². The largest absolute Gasteiger partial charge is 0.474 e. The van der Waals surface area contributed by atoms with Gasteiger partial charge in [-0.05, 0) is 48.2 Å². The van der Waals surface area contributed by atoms with Crippen LogP contribution in [0.5, 0.6) is 0 Å². The molecule has 0 bridgehead atoms. The molecule has 136 valence electrons. The molecule has 0 saturated carbocycles. The van der Waals surface area contributed by atoms with Crippen LogP contribution in [0.25, 0.3) is 0 Å². The van der Waals surface area contributed by atoms with E-state index in [1.165, 1.54) is 6.08 Å². The highest BCUT2D eigenvalue weighted by Crippen LogP contribution is 2.26. The van der Waals surface area contributed by atoms with Gasteiger partial charge in [0.15, 0.2) is 0 Å². The van der Waals surface area contributed by atoms with Gasteiger partial charge < -0.3 is 26.0 Å². The normalized spacial score (nSPS) is 12.7. The molecule has 0 aliphatic heterocycles. The van der Waals surface area contributed by atoms with Crippen LogP contribution < -0.4 is 15.8 Å². The Kier molecular flexibility index (Phi) is 9.54. The van der Waals surface area contributed by atoms with Crippen molar-refractivity contribution in [2.24, 2.45) is 5.10 Å². The van der Waals surface area contributed by atoms with Crippen molar-refractivity contribution in [2.75, 3.05) is 25.8 Å². The standard InChI is InChI=1S/C15H23IN7OP/c1-5-12(17)11-6-10(7-21-14(11)23-25-16)13(18)15(22-20-4)24-8-9(2)19-3/h5-7,9,17-20,25H,1,8H2,2-4H3,(H,21,23)/b17-12?,18-13?,22-15+. The molecule has 2 unspecified atom stereocenters. The number of hydrogen-bond acceptors (Lipinski definition) is 8. The van der Waals surface area contributed by atoms with Crippen molar-refractivity contribution in [2.45, 2.75) is 13.0 Å². The van der Waals surface area contributed by atoms with E-state index in [0.29, 0.717) is 29.9 Å². The Hall–Kier alpha value is -1.58. The first-order valence-corrected chi connectivity index (χ1v) is 11.6. The monoisotopic (exact) mass is 475 g/mol. The molecule has 0 aliphatic rings. The molecule has 10 heteroatoms. The number of ether oxygens (including phenoxy) is 1. The predicted octanol–water partition coefficient (Wildman–Crippen LogP) is 2.52. The van der Waals surface area contributed by atoms with Crippen molar-refractivity contribution in [1.82, 2.24) is 15.7 Å². The van der Waals surface area contributed by atoms with Gasteiger partial charge in [-0.3, -0.25) is 5.41 Å². The first-order valence-electron chi connectivity index (χ1n) is 7.45. The van der Waals surface area contributed by atoms with Gasteiger partial charge in [0.1, 0.15) is 18.1 Å². The first kappa shape index (κ1) is 21.5. The average molecular weight is 475 g/mol.